The molecule has 0 amide bonds. The second-order valence-electron chi connectivity index (χ2n) is 13.2. The molecule has 0 spiro atoms. The Morgan fingerprint density at radius 2 is 1.68 bits per heavy atom. The summed E-state index contributed by atoms with van der Waals surface area (Å²) in [6, 6.07) is 9.46. The second kappa shape index (κ2) is 14.7. The zero-order chi connectivity index (χ0) is 33.9. The lowest BCUT2D eigenvalue weighted by molar-refractivity contribution is -0.0458. The molecule has 1 aliphatic carbocycles. The van der Waals surface area contributed by atoms with Gasteiger partial charge < -0.3 is 19.5 Å². The summed E-state index contributed by atoms with van der Waals surface area (Å²) >= 11 is 6.48. The first-order chi connectivity index (χ1) is 24.6. The summed E-state index contributed by atoms with van der Waals surface area (Å²) in [5, 5.41) is 12.9. The van der Waals surface area contributed by atoms with E-state index in [4.69, 9.17) is 30.9 Å². The maximum atomic E-state index is 6.48. The van der Waals surface area contributed by atoms with Gasteiger partial charge in [-0.3, -0.25) is 9.58 Å². The minimum absolute atomic E-state index is 0.173. The molecule has 3 aliphatic rings. The lowest BCUT2D eigenvalue weighted by Crippen LogP contribution is -2.52. The van der Waals surface area contributed by atoms with Crippen LogP contribution in [0.5, 0.6) is 11.6 Å². The van der Waals surface area contributed by atoms with E-state index in [1.165, 1.54) is 19.2 Å². The monoisotopic (exact) mass is 697 g/mol. The minimum atomic E-state index is -0.173. The number of fused-ring (bicyclic) bond motifs is 2. The molecule has 50 heavy (non-hydrogen) atoms. The Bertz CT molecular complexity index is 1830. The summed E-state index contributed by atoms with van der Waals surface area (Å²) in [5.74, 6) is 2.03. The lowest BCUT2D eigenvalue weighted by Gasteiger charge is -2.43. The highest BCUT2D eigenvalue weighted by molar-refractivity contribution is 6.32. The van der Waals surface area contributed by atoms with Crippen molar-refractivity contribution in [1.82, 2.24) is 49.4 Å². The number of halogens is 1. The molecule has 15 heteroatoms. The van der Waals surface area contributed by atoms with E-state index < -0.39 is 0 Å². The summed E-state index contributed by atoms with van der Waals surface area (Å²) in [4.78, 5) is 24.6. The van der Waals surface area contributed by atoms with Gasteiger partial charge in [0.25, 0.3) is 5.88 Å². The first-order valence-electron chi connectivity index (χ1n) is 17.3. The molecule has 6 heterocycles. The molecule has 2 saturated heterocycles. The van der Waals surface area contributed by atoms with E-state index >= 15 is 0 Å². The standard InChI is InChI=1S/C35H40ClN11O3/c1-23(16-45-22-37-21-42-45)50-32-13-24(3-10-30(32)36)25-14-40-35(41-15-25)43-31-17-46(44-34(31)49-20-33-38-11-2-12-39-33)26-4-6-27(7-5-26)47-28-8-9-29(47)19-48-18-28/h2-3,10-15,17,21-23,26-29H,4-9,16,18-20H2,1H3,(H,40,41,43)/t23?,26?,27?,28-,29+. The van der Waals surface area contributed by atoms with Crippen LogP contribution < -0.4 is 14.8 Å². The van der Waals surface area contributed by atoms with Crippen LogP contribution in [0.2, 0.25) is 5.02 Å². The van der Waals surface area contributed by atoms with Crippen molar-refractivity contribution in [1.29, 1.82) is 0 Å². The Morgan fingerprint density at radius 3 is 2.42 bits per heavy atom. The van der Waals surface area contributed by atoms with Gasteiger partial charge >= 0.3 is 0 Å². The summed E-state index contributed by atoms with van der Waals surface area (Å²) in [5.41, 5.74) is 2.38. The fraction of sp³-hybridized carbons (Fsp3) is 0.457. The number of nitrogens with zero attached hydrogens (tertiary/aromatic N) is 10. The maximum Gasteiger partial charge on any atom is 0.257 e. The molecule has 5 aromatic rings. The summed E-state index contributed by atoms with van der Waals surface area (Å²) in [6.07, 6.45) is 18.9. The number of nitrogens with one attached hydrogen (secondary N) is 1. The summed E-state index contributed by atoms with van der Waals surface area (Å²) < 4.78 is 21.9. The van der Waals surface area contributed by atoms with Crippen LogP contribution >= 0.6 is 11.6 Å². The number of aromatic nitrogens is 9. The van der Waals surface area contributed by atoms with Crippen LogP contribution in [0.4, 0.5) is 11.6 Å². The molecule has 14 nitrogen and oxygen atoms in total. The van der Waals surface area contributed by atoms with Crippen LogP contribution in [-0.2, 0) is 17.9 Å². The van der Waals surface area contributed by atoms with E-state index in [0.29, 0.717) is 58.8 Å². The van der Waals surface area contributed by atoms with Gasteiger partial charge in [-0.1, -0.05) is 17.7 Å². The minimum Gasteiger partial charge on any atom is -0.487 e. The molecule has 3 fully saturated rings. The summed E-state index contributed by atoms with van der Waals surface area (Å²) in [7, 11) is 0. The number of rotatable bonds is 12. The van der Waals surface area contributed by atoms with Gasteiger partial charge in [0.15, 0.2) is 5.82 Å². The van der Waals surface area contributed by atoms with Crippen molar-refractivity contribution in [2.24, 2.45) is 0 Å². The molecule has 1 aromatic carbocycles. The van der Waals surface area contributed by atoms with Gasteiger partial charge in [-0.2, -0.15) is 5.10 Å². The Labute approximate surface area is 295 Å². The smallest absolute Gasteiger partial charge is 0.257 e. The van der Waals surface area contributed by atoms with Gasteiger partial charge in [-0.15, -0.1) is 5.10 Å². The predicted molar refractivity (Wildman–Crippen MR) is 185 cm³/mol. The molecule has 1 N–H and O–H groups in total. The first kappa shape index (κ1) is 32.5. The van der Waals surface area contributed by atoms with Crippen molar-refractivity contribution in [2.75, 3.05) is 18.5 Å². The van der Waals surface area contributed by atoms with Gasteiger partial charge in [0.1, 0.15) is 36.8 Å². The normalized spacial score (nSPS) is 22.7. The van der Waals surface area contributed by atoms with Crippen molar-refractivity contribution < 1.29 is 14.2 Å². The van der Waals surface area contributed by atoms with Crippen molar-refractivity contribution in [2.45, 2.75) is 88.9 Å². The van der Waals surface area contributed by atoms with Crippen LogP contribution in [0.15, 0.2) is 67.9 Å². The zero-order valence-electron chi connectivity index (χ0n) is 27.9. The molecule has 1 unspecified atom stereocenters. The molecule has 0 radical (unpaired) electrons. The van der Waals surface area contributed by atoms with Crippen LogP contribution in [0.1, 0.15) is 57.3 Å². The third kappa shape index (κ3) is 7.28. The van der Waals surface area contributed by atoms with Crippen LogP contribution in [-0.4, -0.2) is 86.8 Å². The maximum absolute atomic E-state index is 6.48. The average Bonchev–Trinajstić information content (AvgIpc) is 3.87. The fourth-order valence-electron chi connectivity index (χ4n) is 7.45. The van der Waals surface area contributed by atoms with Gasteiger partial charge in [-0.25, -0.2) is 29.6 Å². The third-order valence-electron chi connectivity index (χ3n) is 9.82. The highest BCUT2D eigenvalue weighted by Crippen LogP contribution is 2.40. The molecular formula is C35H40ClN11O3. The molecule has 3 atom stereocenters. The largest absolute Gasteiger partial charge is 0.487 e. The number of morpholine rings is 1. The number of anilines is 2. The van der Waals surface area contributed by atoms with Gasteiger partial charge in [0, 0.05) is 48.5 Å². The summed E-state index contributed by atoms with van der Waals surface area (Å²) in [6.45, 7) is 4.44. The van der Waals surface area contributed by atoms with Crippen LogP contribution in [0, 0.1) is 0 Å². The van der Waals surface area contributed by atoms with Gasteiger partial charge in [0.2, 0.25) is 5.95 Å². The molecule has 1 saturated carbocycles. The average molecular weight is 698 g/mol. The quantitative estimate of drug-likeness (QED) is 0.176. The number of hydrogen-bond donors (Lipinski definition) is 1. The third-order valence-corrected chi connectivity index (χ3v) is 10.1. The number of ether oxygens (including phenoxy) is 3. The van der Waals surface area contributed by atoms with Gasteiger partial charge in [-0.05, 0) is 69.2 Å². The fourth-order valence-corrected chi connectivity index (χ4v) is 7.61. The van der Waals surface area contributed by atoms with Crippen molar-refractivity contribution in [3.8, 4) is 22.8 Å². The van der Waals surface area contributed by atoms with Crippen molar-refractivity contribution in [3.05, 3.63) is 78.8 Å². The van der Waals surface area contributed by atoms with E-state index in [-0.39, 0.29) is 18.8 Å². The first-order valence-corrected chi connectivity index (χ1v) is 17.6. The highest BCUT2D eigenvalue weighted by Gasteiger charge is 2.42. The molecule has 2 aliphatic heterocycles. The van der Waals surface area contributed by atoms with Crippen LogP contribution in [0.25, 0.3) is 11.1 Å². The molecular weight excluding hydrogens is 658 g/mol. The molecule has 2 bridgehead atoms. The Balaban J connectivity index is 0.958. The van der Waals surface area contributed by atoms with Crippen LogP contribution in [0.3, 0.4) is 0 Å². The Morgan fingerprint density at radius 1 is 0.940 bits per heavy atom. The van der Waals surface area contributed by atoms with Crippen molar-refractivity contribution >= 4 is 23.2 Å². The van der Waals surface area contributed by atoms with E-state index in [2.05, 4.69) is 40.2 Å². The molecule has 8 rings (SSSR count). The van der Waals surface area contributed by atoms with E-state index in [0.717, 1.165) is 50.0 Å². The van der Waals surface area contributed by atoms with E-state index in [9.17, 15) is 0 Å². The van der Waals surface area contributed by atoms with Gasteiger partial charge in [0.05, 0.1) is 37.0 Å². The van der Waals surface area contributed by atoms with E-state index in [1.807, 2.05) is 36.0 Å². The predicted octanol–water partition coefficient (Wildman–Crippen LogP) is 5.51. The molecule has 260 valence electrons. The Kier molecular flexibility index (Phi) is 9.55. The number of hydrogen-bond acceptors (Lipinski definition) is 12. The molecule has 4 aromatic heterocycles. The highest BCUT2D eigenvalue weighted by atomic mass is 35.5. The number of benzene rings is 1. The Hall–Kier alpha value is -4.66. The lowest BCUT2D eigenvalue weighted by atomic mass is 9.89. The van der Waals surface area contributed by atoms with Crippen molar-refractivity contribution in [3.63, 3.8) is 0 Å². The zero-order valence-corrected chi connectivity index (χ0v) is 28.6. The topological polar surface area (TPSA) is 143 Å². The SMILES string of the molecule is CC(Cn1cncn1)Oc1cc(-c2cnc(Nc3cn(C4CCC(N5[C@@H]6CC[C@H]5COC6)CC4)nc3OCc3ncccn3)nc2)ccc1Cl. The second-order valence-corrected chi connectivity index (χ2v) is 13.6. The van der Waals surface area contributed by atoms with E-state index in [1.54, 1.807) is 41.9 Å².